The first-order valence-electron chi connectivity index (χ1n) is 8.03. The van der Waals surface area contributed by atoms with Crippen molar-refractivity contribution in [2.45, 2.75) is 6.42 Å². The van der Waals surface area contributed by atoms with Gasteiger partial charge in [-0.2, -0.15) is 4.52 Å². The molecule has 0 bridgehead atoms. The van der Waals surface area contributed by atoms with Crippen molar-refractivity contribution in [3.63, 3.8) is 0 Å². The molecule has 0 N–H and O–H groups in total. The van der Waals surface area contributed by atoms with Crippen LogP contribution in [-0.2, 0) is 11.2 Å². The van der Waals surface area contributed by atoms with E-state index in [1.165, 1.54) is 0 Å². The minimum Gasteiger partial charge on any atom is -0.352 e. The van der Waals surface area contributed by atoms with Gasteiger partial charge in [-0.3, -0.25) is 4.79 Å². The van der Waals surface area contributed by atoms with Gasteiger partial charge in [-0.25, -0.2) is 0 Å². The fourth-order valence-corrected chi connectivity index (χ4v) is 2.95. The Bertz CT molecular complexity index is 838. The Morgan fingerprint density at radius 3 is 2.58 bits per heavy atom. The molecule has 0 aliphatic carbocycles. The molecule has 2 aromatic heterocycles. The van der Waals surface area contributed by atoms with Crippen molar-refractivity contribution in [3.05, 3.63) is 54.4 Å². The number of hydrogen-bond acceptors (Lipinski definition) is 5. The average molecular weight is 322 g/mol. The summed E-state index contributed by atoms with van der Waals surface area (Å²) in [6.07, 6.45) is 2.06. The molecular weight excluding hydrogens is 304 g/mol. The zero-order valence-corrected chi connectivity index (χ0v) is 13.2. The predicted octanol–water partition coefficient (Wildman–Crippen LogP) is 1.02. The van der Waals surface area contributed by atoms with Crippen molar-refractivity contribution < 1.29 is 4.79 Å². The van der Waals surface area contributed by atoms with Gasteiger partial charge in [0.25, 0.3) is 0 Å². The summed E-state index contributed by atoms with van der Waals surface area (Å²) in [5.41, 5.74) is 1.79. The fraction of sp³-hybridized carbons (Fsp3) is 0.294. The second kappa shape index (κ2) is 6.27. The molecule has 0 saturated carbocycles. The van der Waals surface area contributed by atoms with Crippen molar-refractivity contribution in [2.75, 3.05) is 31.1 Å². The Balaban J connectivity index is 1.38. The van der Waals surface area contributed by atoms with Crippen molar-refractivity contribution >= 4 is 17.4 Å². The van der Waals surface area contributed by atoms with E-state index in [0.717, 1.165) is 30.1 Å². The van der Waals surface area contributed by atoms with Crippen LogP contribution < -0.4 is 4.90 Å². The van der Waals surface area contributed by atoms with Crippen LogP contribution in [0.5, 0.6) is 0 Å². The Kier molecular flexibility index (Phi) is 3.82. The summed E-state index contributed by atoms with van der Waals surface area (Å²) in [7, 11) is 0. The first-order chi connectivity index (χ1) is 11.8. The summed E-state index contributed by atoms with van der Waals surface area (Å²) >= 11 is 0. The lowest BCUT2D eigenvalue weighted by Crippen LogP contribution is -2.49. The molecule has 7 nitrogen and oxygen atoms in total. The fourth-order valence-electron chi connectivity index (χ4n) is 2.95. The minimum absolute atomic E-state index is 0.183. The molecule has 1 saturated heterocycles. The molecule has 1 aliphatic heterocycles. The molecule has 1 aromatic carbocycles. The number of nitrogens with zero attached hydrogens (tertiary/aromatic N) is 6. The zero-order chi connectivity index (χ0) is 16.4. The highest BCUT2D eigenvalue weighted by atomic mass is 16.2. The molecule has 24 heavy (non-hydrogen) atoms. The van der Waals surface area contributed by atoms with Crippen LogP contribution in [0.3, 0.4) is 0 Å². The topological polar surface area (TPSA) is 66.6 Å². The normalized spacial score (nSPS) is 15.0. The number of amides is 1. The lowest BCUT2D eigenvalue weighted by molar-refractivity contribution is -0.130. The van der Waals surface area contributed by atoms with Gasteiger partial charge in [0, 0.05) is 26.2 Å². The summed E-state index contributed by atoms with van der Waals surface area (Å²) in [6, 6.07) is 13.7. The molecule has 4 rings (SSSR count). The van der Waals surface area contributed by atoms with E-state index in [-0.39, 0.29) is 5.91 Å². The first-order valence-corrected chi connectivity index (χ1v) is 8.03. The first kappa shape index (κ1) is 14.6. The summed E-state index contributed by atoms with van der Waals surface area (Å²) in [5, 5.41) is 12.3. The molecule has 0 spiro atoms. The van der Waals surface area contributed by atoms with Crippen LogP contribution >= 0.6 is 0 Å². The quantitative estimate of drug-likeness (QED) is 0.720. The van der Waals surface area contributed by atoms with Gasteiger partial charge in [0.2, 0.25) is 5.91 Å². The smallest absolute Gasteiger partial charge is 0.227 e. The third-order valence-electron chi connectivity index (χ3n) is 4.30. The second-order valence-electron chi connectivity index (χ2n) is 5.86. The summed E-state index contributed by atoms with van der Waals surface area (Å²) in [6.45, 7) is 2.99. The third kappa shape index (κ3) is 2.92. The largest absolute Gasteiger partial charge is 0.352 e. The molecule has 1 aliphatic rings. The molecule has 3 heterocycles. The number of carbonyl (C=O) groups is 1. The van der Waals surface area contributed by atoms with Crippen LogP contribution in [0.4, 0.5) is 5.82 Å². The van der Waals surface area contributed by atoms with E-state index >= 15 is 0 Å². The number of aromatic nitrogens is 4. The van der Waals surface area contributed by atoms with Crippen LogP contribution in [0.15, 0.2) is 48.8 Å². The Labute approximate surface area is 139 Å². The van der Waals surface area contributed by atoms with Crippen LogP contribution in [0.2, 0.25) is 0 Å². The number of rotatable bonds is 3. The second-order valence-corrected chi connectivity index (χ2v) is 5.86. The van der Waals surface area contributed by atoms with Gasteiger partial charge in [0.05, 0.1) is 6.42 Å². The van der Waals surface area contributed by atoms with Gasteiger partial charge in [-0.1, -0.05) is 30.3 Å². The maximum atomic E-state index is 12.4. The molecule has 0 unspecified atom stereocenters. The van der Waals surface area contributed by atoms with Gasteiger partial charge in [0.15, 0.2) is 5.65 Å². The van der Waals surface area contributed by atoms with Gasteiger partial charge in [0.1, 0.15) is 12.1 Å². The summed E-state index contributed by atoms with van der Waals surface area (Å²) in [5.74, 6) is 1.07. The Hall–Kier alpha value is -2.96. The van der Waals surface area contributed by atoms with E-state index in [2.05, 4.69) is 20.2 Å². The van der Waals surface area contributed by atoms with Crippen LogP contribution in [0.25, 0.3) is 5.65 Å². The van der Waals surface area contributed by atoms with Gasteiger partial charge in [-0.05, 0) is 17.7 Å². The van der Waals surface area contributed by atoms with Crippen LogP contribution in [0, 0.1) is 0 Å². The third-order valence-corrected chi connectivity index (χ3v) is 4.30. The van der Waals surface area contributed by atoms with E-state index in [4.69, 9.17) is 0 Å². The van der Waals surface area contributed by atoms with Crippen LogP contribution in [-0.4, -0.2) is 56.8 Å². The van der Waals surface area contributed by atoms with E-state index in [0.29, 0.717) is 19.5 Å². The van der Waals surface area contributed by atoms with Gasteiger partial charge >= 0.3 is 0 Å². The zero-order valence-electron chi connectivity index (χ0n) is 13.2. The SMILES string of the molecule is O=C(Cc1ccccc1)N1CCN(c2ccc3nncn3n2)CC1. The summed E-state index contributed by atoms with van der Waals surface area (Å²) in [4.78, 5) is 16.5. The van der Waals surface area contributed by atoms with E-state index in [1.54, 1.807) is 10.8 Å². The predicted molar refractivity (Wildman–Crippen MR) is 89.7 cm³/mol. The maximum absolute atomic E-state index is 12.4. The van der Waals surface area contributed by atoms with Crippen LogP contribution in [0.1, 0.15) is 5.56 Å². The Morgan fingerprint density at radius 2 is 1.79 bits per heavy atom. The number of anilines is 1. The van der Waals surface area contributed by atoms with Gasteiger partial charge in [-0.15, -0.1) is 15.3 Å². The minimum atomic E-state index is 0.183. The van der Waals surface area contributed by atoms with Crippen molar-refractivity contribution in [1.29, 1.82) is 0 Å². The van der Waals surface area contributed by atoms with E-state index < -0.39 is 0 Å². The average Bonchev–Trinajstić information content (AvgIpc) is 3.10. The molecule has 0 radical (unpaired) electrons. The number of benzene rings is 1. The van der Waals surface area contributed by atoms with Crippen molar-refractivity contribution in [2.24, 2.45) is 0 Å². The molecule has 7 heteroatoms. The van der Waals surface area contributed by atoms with E-state index in [1.807, 2.05) is 47.4 Å². The molecule has 122 valence electrons. The highest BCUT2D eigenvalue weighted by Gasteiger charge is 2.22. The standard InChI is InChI=1S/C17H18N6O/c24-17(12-14-4-2-1-3-5-14)22-10-8-21(9-11-22)16-7-6-15-19-18-13-23(15)20-16/h1-7,13H,8-12H2. The monoisotopic (exact) mass is 322 g/mol. The lowest BCUT2D eigenvalue weighted by Gasteiger charge is -2.35. The number of fused-ring (bicyclic) bond motifs is 1. The molecular formula is C17H18N6O. The highest BCUT2D eigenvalue weighted by molar-refractivity contribution is 5.79. The lowest BCUT2D eigenvalue weighted by atomic mass is 10.1. The number of hydrogen-bond donors (Lipinski definition) is 0. The highest BCUT2D eigenvalue weighted by Crippen LogP contribution is 2.14. The maximum Gasteiger partial charge on any atom is 0.227 e. The molecule has 0 atom stereocenters. The van der Waals surface area contributed by atoms with Gasteiger partial charge < -0.3 is 9.80 Å². The van der Waals surface area contributed by atoms with Crippen molar-refractivity contribution in [1.82, 2.24) is 24.7 Å². The molecule has 1 amide bonds. The number of piperazine rings is 1. The number of carbonyl (C=O) groups excluding carboxylic acids is 1. The molecule has 3 aromatic rings. The Morgan fingerprint density at radius 1 is 1.00 bits per heavy atom. The van der Waals surface area contributed by atoms with E-state index in [9.17, 15) is 4.79 Å². The van der Waals surface area contributed by atoms with Crippen molar-refractivity contribution in [3.8, 4) is 0 Å². The summed E-state index contributed by atoms with van der Waals surface area (Å²) < 4.78 is 1.67. The molecule has 1 fully saturated rings.